The third kappa shape index (κ3) is 4.17. The summed E-state index contributed by atoms with van der Waals surface area (Å²) in [4.78, 5) is 32.1. The van der Waals surface area contributed by atoms with Crippen LogP contribution in [0.3, 0.4) is 0 Å². The second-order valence-corrected chi connectivity index (χ2v) is 4.45. The van der Waals surface area contributed by atoms with Gasteiger partial charge in [-0.25, -0.2) is 9.59 Å². The number of rotatable bonds is 5. The molecule has 0 aliphatic carbocycles. The first-order valence-corrected chi connectivity index (χ1v) is 5.99. The van der Waals surface area contributed by atoms with Crippen molar-refractivity contribution in [1.29, 1.82) is 0 Å². The first-order valence-electron chi connectivity index (χ1n) is 5.20. The van der Waals surface area contributed by atoms with Gasteiger partial charge < -0.3 is 20.8 Å². The van der Waals surface area contributed by atoms with Crippen LogP contribution in [0.5, 0.6) is 0 Å². The lowest BCUT2D eigenvalue weighted by Gasteiger charge is -2.13. The van der Waals surface area contributed by atoms with Gasteiger partial charge in [0.15, 0.2) is 6.04 Å². The van der Waals surface area contributed by atoms with Gasteiger partial charge in [-0.05, 0) is 22.0 Å². The molecule has 9 nitrogen and oxygen atoms in total. The number of nitro benzene ring substituents is 1. The first-order chi connectivity index (χ1) is 9.35. The van der Waals surface area contributed by atoms with Crippen LogP contribution in [0.15, 0.2) is 22.7 Å². The molecule has 108 valence electrons. The number of carbonyl (C=O) groups excluding carboxylic acids is 1. The summed E-state index contributed by atoms with van der Waals surface area (Å²) in [5, 5.41) is 32.3. The number of aliphatic hydroxyl groups excluding tert-OH is 1. The first kappa shape index (κ1) is 15.9. The number of benzene rings is 1. The van der Waals surface area contributed by atoms with Crippen LogP contribution in [0.2, 0.25) is 0 Å². The number of hydrogen-bond donors (Lipinski definition) is 4. The van der Waals surface area contributed by atoms with Crippen molar-refractivity contribution in [3.8, 4) is 0 Å². The lowest BCUT2D eigenvalue weighted by atomic mass is 10.3. The van der Waals surface area contributed by atoms with E-state index in [0.29, 0.717) is 0 Å². The SMILES string of the molecule is O=C(Nc1ccc([N+](=O)[O-])cc1Br)N[C@H](CO)C(=O)O. The summed E-state index contributed by atoms with van der Waals surface area (Å²) in [6.07, 6.45) is 0. The van der Waals surface area contributed by atoms with Crippen molar-refractivity contribution >= 4 is 39.3 Å². The third-order valence-electron chi connectivity index (χ3n) is 2.20. The molecule has 0 unspecified atom stereocenters. The second kappa shape index (κ2) is 6.82. The molecule has 1 aromatic rings. The molecule has 10 heteroatoms. The predicted octanol–water partition coefficient (Wildman–Crippen LogP) is 0.924. The van der Waals surface area contributed by atoms with Crippen LogP contribution in [0.1, 0.15) is 0 Å². The Hall–Kier alpha value is -2.20. The van der Waals surface area contributed by atoms with Crippen LogP contribution < -0.4 is 10.6 Å². The highest BCUT2D eigenvalue weighted by Crippen LogP contribution is 2.26. The monoisotopic (exact) mass is 347 g/mol. The Labute approximate surface area is 120 Å². The summed E-state index contributed by atoms with van der Waals surface area (Å²) in [6, 6.07) is 1.36. The van der Waals surface area contributed by atoms with E-state index >= 15 is 0 Å². The maximum atomic E-state index is 11.5. The molecule has 0 radical (unpaired) electrons. The summed E-state index contributed by atoms with van der Waals surface area (Å²) in [5.74, 6) is -1.38. The number of anilines is 1. The topological polar surface area (TPSA) is 142 Å². The molecule has 2 amide bonds. The molecule has 0 fully saturated rings. The molecule has 0 bridgehead atoms. The van der Waals surface area contributed by atoms with Crippen molar-refractivity contribution < 1.29 is 24.7 Å². The normalized spacial score (nSPS) is 11.5. The highest BCUT2D eigenvalue weighted by atomic mass is 79.9. The standard InChI is InChI=1S/C10H10BrN3O6/c11-6-3-5(14(19)20)1-2-7(6)12-10(18)13-8(4-15)9(16)17/h1-3,8,15H,4H2,(H,16,17)(H2,12,13,18)/t8-/m1/s1. The molecule has 0 saturated heterocycles. The van der Waals surface area contributed by atoms with E-state index in [-0.39, 0.29) is 15.8 Å². The summed E-state index contributed by atoms with van der Waals surface area (Å²) in [5.41, 5.74) is 0.0526. The summed E-state index contributed by atoms with van der Waals surface area (Å²) >= 11 is 3.04. The van der Waals surface area contributed by atoms with Crippen molar-refractivity contribution in [2.75, 3.05) is 11.9 Å². The molecule has 0 aliphatic heterocycles. The van der Waals surface area contributed by atoms with Crippen molar-refractivity contribution in [3.05, 3.63) is 32.8 Å². The number of hydrogen-bond acceptors (Lipinski definition) is 5. The molecule has 0 spiro atoms. The minimum Gasteiger partial charge on any atom is -0.480 e. The maximum Gasteiger partial charge on any atom is 0.328 e. The van der Waals surface area contributed by atoms with Crippen molar-refractivity contribution in [3.63, 3.8) is 0 Å². The largest absolute Gasteiger partial charge is 0.480 e. The van der Waals surface area contributed by atoms with E-state index in [0.717, 1.165) is 0 Å². The quantitative estimate of drug-likeness (QED) is 0.461. The Morgan fingerprint density at radius 3 is 2.55 bits per heavy atom. The van der Waals surface area contributed by atoms with E-state index in [1.54, 1.807) is 0 Å². The molecule has 4 N–H and O–H groups in total. The van der Waals surface area contributed by atoms with Crippen LogP contribution in [0.25, 0.3) is 0 Å². The van der Waals surface area contributed by atoms with Crippen LogP contribution in [0, 0.1) is 10.1 Å². The number of amides is 2. The number of carbonyl (C=O) groups is 2. The van der Waals surface area contributed by atoms with Gasteiger partial charge in [-0.1, -0.05) is 0 Å². The number of nitro groups is 1. The zero-order valence-corrected chi connectivity index (χ0v) is 11.5. The average Bonchev–Trinajstić information content (AvgIpc) is 2.37. The fourth-order valence-corrected chi connectivity index (χ4v) is 1.69. The van der Waals surface area contributed by atoms with Gasteiger partial charge in [-0.2, -0.15) is 0 Å². The minimum atomic E-state index is -1.44. The fourth-order valence-electron chi connectivity index (χ4n) is 1.22. The number of aliphatic carboxylic acids is 1. The van der Waals surface area contributed by atoms with Gasteiger partial charge in [0.2, 0.25) is 0 Å². The average molecular weight is 348 g/mol. The fraction of sp³-hybridized carbons (Fsp3) is 0.200. The number of carboxylic acids is 1. The van der Waals surface area contributed by atoms with Crippen LogP contribution >= 0.6 is 15.9 Å². The van der Waals surface area contributed by atoms with Gasteiger partial charge in [0.25, 0.3) is 5.69 Å². The molecular formula is C10H10BrN3O6. The number of nitrogens with one attached hydrogen (secondary N) is 2. The van der Waals surface area contributed by atoms with E-state index in [9.17, 15) is 19.7 Å². The van der Waals surface area contributed by atoms with E-state index in [1.807, 2.05) is 5.32 Å². The summed E-state index contributed by atoms with van der Waals surface area (Å²) in [6.45, 7) is -0.760. The summed E-state index contributed by atoms with van der Waals surface area (Å²) in [7, 11) is 0. The molecule has 20 heavy (non-hydrogen) atoms. The molecule has 0 saturated carbocycles. The molecule has 0 aromatic heterocycles. The Kier molecular flexibility index (Phi) is 5.41. The van der Waals surface area contributed by atoms with E-state index in [1.165, 1.54) is 18.2 Å². The number of non-ortho nitro benzene ring substituents is 1. The Bertz CT molecular complexity index is 550. The van der Waals surface area contributed by atoms with Crippen LogP contribution in [0.4, 0.5) is 16.2 Å². The lowest BCUT2D eigenvalue weighted by Crippen LogP contribution is -2.45. The van der Waals surface area contributed by atoms with E-state index in [4.69, 9.17) is 10.2 Å². The highest BCUT2D eigenvalue weighted by molar-refractivity contribution is 9.10. The van der Waals surface area contributed by atoms with E-state index < -0.39 is 29.6 Å². The predicted molar refractivity (Wildman–Crippen MR) is 71.5 cm³/mol. The number of carboxylic acid groups (broad SMARTS) is 1. The highest BCUT2D eigenvalue weighted by Gasteiger charge is 2.19. The van der Waals surface area contributed by atoms with Gasteiger partial charge in [0.05, 0.1) is 17.2 Å². The molecular weight excluding hydrogens is 338 g/mol. The van der Waals surface area contributed by atoms with Gasteiger partial charge in [-0.15, -0.1) is 0 Å². The van der Waals surface area contributed by atoms with Gasteiger partial charge >= 0.3 is 12.0 Å². The second-order valence-electron chi connectivity index (χ2n) is 3.59. The molecule has 0 aliphatic rings. The maximum absolute atomic E-state index is 11.5. The molecule has 1 aromatic carbocycles. The van der Waals surface area contributed by atoms with Crippen LogP contribution in [-0.2, 0) is 4.79 Å². The minimum absolute atomic E-state index is 0.165. The third-order valence-corrected chi connectivity index (χ3v) is 2.85. The number of nitrogens with zero attached hydrogens (tertiary/aromatic N) is 1. The molecule has 1 atom stereocenters. The Balaban J connectivity index is 2.76. The number of urea groups is 1. The Morgan fingerprint density at radius 2 is 2.10 bits per heavy atom. The Morgan fingerprint density at radius 1 is 1.45 bits per heavy atom. The smallest absolute Gasteiger partial charge is 0.328 e. The van der Waals surface area contributed by atoms with Gasteiger partial charge in [0, 0.05) is 16.6 Å². The summed E-state index contributed by atoms with van der Waals surface area (Å²) < 4.78 is 0.262. The number of halogens is 1. The van der Waals surface area contributed by atoms with Crippen molar-refractivity contribution in [2.24, 2.45) is 0 Å². The number of aliphatic hydroxyl groups is 1. The van der Waals surface area contributed by atoms with E-state index in [2.05, 4.69) is 21.2 Å². The van der Waals surface area contributed by atoms with Crippen LogP contribution in [-0.4, -0.2) is 39.8 Å². The zero-order chi connectivity index (χ0) is 15.3. The molecule has 1 rings (SSSR count). The van der Waals surface area contributed by atoms with Gasteiger partial charge in [-0.3, -0.25) is 10.1 Å². The zero-order valence-electron chi connectivity index (χ0n) is 9.87. The van der Waals surface area contributed by atoms with Crippen molar-refractivity contribution in [2.45, 2.75) is 6.04 Å². The molecule has 0 heterocycles. The lowest BCUT2D eigenvalue weighted by molar-refractivity contribution is -0.384. The van der Waals surface area contributed by atoms with Gasteiger partial charge in [0.1, 0.15) is 0 Å². The van der Waals surface area contributed by atoms with Crippen molar-refractivity contribution in [1.82, 2.24) is 5.32 Å².